The van der Waals surface area contributed by atoms with Crippen molar-refractivity contribution in [3.05, 3.63) is 58.9 Å². The Balaban J connectivity index is 2.11. The number of hydrogen-bond acceptors (Lipinski definition) is 1. The Hall–Kier alpha value is -1.69. The van der Waals surface area contributed by atoms with Crippen LogP contribution in [0.4, 0.5) is 17.3 Å². The van der Waals surface area contributed by atoms with Crippen LogP contribution in [-0.2, 0) is 6.61 Å². The summed E-state index contributed by atoms with van der Waals surface area (Å²) in [6.45, 7) is -5.25. The molecule has 2 rings (SSSR count). The first kappa shape index (κ1) is 14.7. The fraction of sp³-hybridized carbons (Fsp3) is 0.0769. The maximum absolute atomic E-state index is 13.5. The monoisotopic (exact) mass is 303 g/mol. The van der Waals surface area contributed by atoms with Crippen molar-refractivity contribution >= 4 is 24.0 Å². The highest BCUT2D eigenvalue weighted by Gasteiger charge is 2.25. The largest absolute Gasteiger partial charge is 0.509 e. The second kappa shape index (κ2) is 5.75. The first-order valence-corrected chi connectivity index (χ1v) is 6.11. The molecular formula is C13H9BClF4O-. The Bertz CT molecular complexity index is 616. The average molecular weight is 303 g/mol. The molecule has 20 heavy (non-hydrogen) atoms. The van der Waals surface area contributed by atoms with Gasteiger partial charge >= 0.3 is 6.98 Å². The lowest BCUT2D eigenvalue weighted by Crippen LogP contribution is -2.33. The highest BCUT2D eigenvalue weighted by Crippen LogP contribution is 2.18. The summed E-state index contributed by atoms with van der Waals surface area (Å²) in [4.78, 5) is 0. The van der Waals surface area contributed by atoms with Gasteiger partial charge in [-0.05, 0) is 24.3 Å². The second-order valence-electron chi connectivity index (χ2n) is 4.17. The van der Waals surface area contributed by atoms with Gasteiger partial charge in [0.25, 0.3) is 0 Å². The van der Waals surface area contributed by atoms with Gasteiger partial charge in [-0.1, -0.05) is 29.8 Å². The van der Waals surface area contributed by atoms with Crippen LogP contribution in [0.1, 0.15) is 5.56 Å². The minimum absolute atomic E-state index is 0.0380. The van der Waals surface area contributed by atoms with E-state index in [0.717, 1.165) is 18.2 Å². The number of benzene rings is 2. The molecule has 0 aliphatic heterocycles. The highest BCUT2D eigenvalue weighted by molar-refractivity contribution is 6.73. The Morgan fingerprint density at radius 3 is 2.45 bits per heavy atom. The first-order chi connectivity index (χ1) is 9.36. The van der Waals surface area contributed by atoms with E-state index in [9.17, 15) is 17.3 Å². The van der Waals surface area contributed by atoms with Gasteiger partial charge in [-0.15, -0.1) is 5.46 Å². The molecule has 0 N–H and O–H groups in total. The Labute approximate surface area is 118 Å². The molecule has 106 valence electrons. The molecule has 0 saturated heterocycles. The molecule has 0 heterocycles. The van der Waals surface area contributed by atoms with E-state index < -0.39 is 18.3 Å². The number of halogens is 5. The van der Waals surface area contributed by atoms with Crippen molar-refractivity contribution in [3.63, 3.8) is 0 Å². The predicted octanol–water partition coefficient (Wildman–Crippen LogP) is 4.11. The molecule has 0 saturated carbocycles. The van der Waals surface area contributed by atoms with E-state index in [1.54, 1.807) is 0 Å². The van der Waals surface area contributed by atoms with Crippen LogP contribution in [0.25, 0.3) is 0 Å². The van der Waals surface area contributed by atoms with E-state index in [2.05, 4.69) is 0 Å². The second-order valence-corrected chi connectivity index (χ2v) is 4.61. The summed E-state index contributed by atoms with van der Waals surface area (Å²) in [5.74, 6) is -0.523. The molecule has 0 fully saturated rings. The van der Waals surface area contributed by atoms with Crippen molar-refractivity contribution in [1.82, 2.24) is 0 Å². The van der Waals surface area contributed by atoms with Gasteiger partial charge < -0.3 is 17.7 Å². The van der Waals surface area contributed by atoms with E-state index in [-0.39, 0.29) is 22.9 Å². The molecule has 0 aliphatic rings. The summed E-state index contributed by atoms with van der Waals surface area (Å²) in [5, 5.41) is 0.244. The predicted molar refractivity (Wildman–Crippen MR) is 70.9 cm³/mol. The Kier molecular flexibility index (Phi) is 4.23. The third kappa shape index (κ3) is 3.66. The van der Waals surface area contributed by atoms with E-state index >= 15 is 0 Å². The molecule has 0 atom stereocenters. The number of ether oxygens (including phenoxy) is 1. The molecule has 2 aromatic rings. The summed E-state index contributed by atoms with van der Waals surface area (Å²) in [6.07, 6.45) is 0. The Morgan fingerprint density at radius 1 is 1.05 bits per heavy atom. The van der Waals surface area contributed by atoms with E-state index in [1.165, 1.54) is 24.3 Å². The molecule has 0 bridgehead atoms. The van der Waals surface area contributed by atoms with Gasteiger partial charge in [-0.2, -0.15) is 0 Å². The van der Waals surface area contributed by atoms with Crippen LogP contribution in [0.15, 0.2) is 42.5 Å². The molecular weight excluding hydrogens is 294 g/mol. The molecule has 7 heteroatoms. The van der Waals surface area contributed by atoms with Gasteiger partial charge in [0.15, 0.2) is 0 Å². The molecule has 0 aromatic heterocycles. The zero-order valence-electron chi connectivity index (χ0n) is 10.1. The van der Waals surface area contributed by atoms with Gasteiger partial charge in [0.1, 0.15) is 18.2 Å². The van der Waals surface area contributed by atoms with Crippen LogP contribution in [0.5, 0.6) is 5.75 Å². The summed E-state index contributed by atoms with van der Waals surface area (Å²) < 4.78 is 56.4. The van der Waals surface area contributed by atoms with E-state index in [4.69, 9.17) is 16.3 Å². The zero-order chi connectivity index (χ0) is 14.8. The topological polar surface area (TPSA) is 9.23 Å². The smallest absolute Gasteiger partial charge is 0.489 e. The van der Waals surface area contributed by atoms with Gasteiger partial charge in [-0.3, -0.25) is 0 Å². The van der Waals surface area contributed by atoms with E-state index in [1.807, 2.05) is 0 Å². The third-order valence-corrected chi connectivity index (χ3v) is 2.88. The van der Waals surface area contributed by atoms with Crippen molar-refractivity contribution in [2.45, 2.75) is 6.61 Å². The minimum Gasteiger partial charge on any atom is -0.489 e. The lowest BCUT2D eigenvalue weighted by molar-refractivity contribution is 0.300. The molecule has 0 amide bonds. The molecule has 0 aliphatic carbocycles. The molecule has 0 unspecified atom stereocenters. The van der Waals surface area contributed by atoms with Crippen LogP contribution >= 0.6 is 11.6 Å². The van der Waals surface area contributed by atoms with Crippen molar-refractivity contribution in [1.29, 1.82) is 0 Å². The minimum atomic E-state index is -5.08. The lowest BCUT2D eigenvalue weighted by atomic mass is 9.80. The molecule has 0 spiro atoms. The van der Waals surface area contributed by atoms with Crippen LogP contribution in [-0.4, -0.2) is 6.98 Å². The van der Waals surface area contributed by atoms with Crippen LogP contribution in [0, 0.1) is 5.82 Å². The SMILES string of the molecule is Fc1cc(Cl)ccc1COc1cccc([B-](F)(F)F)c1. The van der Waals surface area contributed by atoms with Gasteiger partial charge in [0.2, 0.25) is 0 Å². The van der Waals surface area contributed by atoms with Gasteiger partial charge in [0.05, 0.1) is 0 Å². The lowest BCUT2D eigenvalue weighted by Gasteiger charge is -2.16. The van der Waals surface area contributed by atoms with Crippen LogP contribution in [0.3, 0.4) is 0 Å². The summed E-state index contributed by atoms with van der Waals surface area (Å²) in [5.41, 5.74) is -0.531. The van der Waals surface area contributed by atoms with Crippen molar-refractivity contribution in [2.75, 3.05) is 0 Å². The van der Waals surface area contributed by atoms with Crippen molar-refractivity contribution < 1.29 is 22.1 Å². The maximum atomic E-state index is 13.5. The maximum Gasteiger partial charge on any atom is 0.509 e. The molecule has 2 aromatic carbocycles. The zero-order valence-corrected chi connectivity index (χ0v) is 10.9. The first-order valence-electron chi connectivity index (χ1n) is 5.73. The fourth-order valence-electron chi connectivity index (χ4n) is 1.61. The highest BCUT2D eigenvalue weighted by atomic mass is 35.5. The fourth-order valence-corrected chi connectivity index (χ4v) is 1.77. The molecule has 1 nitrogen and oxygen atoms in total. The summed E-state index contributed by atoms with van der Waals surface area (Å²) in [6, 6.07) is 8.53. The van der Waals surface area contributed by atoms with Gasteiger partial charge in [-0.25, -0.2) is 4.39 Å². The van der Waals surface area contributed by atoms with Crippen LogP contribution in [0.2, 0.25) is 5.02 Å². The van der Waals surface area contributed by atoms with Gasteiger partial charge in [0, 0.05) is 10.6 Å². The molecule has 0 radical (unpaired) electrons. The summed E-state index contributed by atoms with van der Waals surface area (Å²) >= 11 is 5.60. The van der Waals surface area contributed by atoms with Crippen LogP contribution < -0.4 is 10.2 Å². The average Bonchev–Trinajstić information content (AvgIpc) is 2.37. The standard InChI is InChI=1S/C13H9BClF4O/c15-11-5-4-9(13(16)7-11)8-20-12-3-1-2-10(6-12)14(17,18)19/h1-7H,8H2/q-1. The third-order valence-electron chi connectivity index (χ3n) is 2.65. The van der Waals surface area contributed by atoms with E-state index in [0.29, 0.717) is 0 Å². The normalized spacial score (nSPS) is 11.4. The van der Waals surface area contributed by atoms with Crippen molar-refractivity contribution in [3.8, 4) is 5.75 Å². The quantitative estimate of drug-likeness (QED) is 0.610. The van der Waals surface area contributed by atoms with Crippen molar-refractivity contribution in [2.24, 2.45) is 0 Å². The summed E-state index contributed by atoms with van der Waals surface area (Å²) in [7, 11) is 0. The number of rotatable bonds is 4. The Morgan fingerprint density at radius 2 is 1.80 bits per heavy atom. The number of hydrogen-bond donors (Lipinski definition) is 0.